The summed E-state index contributed by atoms with van der Waals surface area (Å²) in [4.78, 5) is 36.5. The summed E-state index contributed by atoms with van der Waals surface area (Å²) in [5.41, 5.74) is -1.71. The van der Waals surface area contributed by atoms with E-state index >= 15 is 0 Å². The molecule has 0 saturated carbocycles. The number of carbonyl (C=O) groups excluding carboxylic acids is 3. The standard InChI is InChI=1S/C17H30O7/c1-5-9-21-14(18)12-17(24-8-4,16(20)23-11-7-3)13-15(19)22-10-6-2/h5-13H2,1-4H3. The Morgan fingerprint density at radius 1 is 0.708 bits per heavy atom. The molecule has 0 spiro atoms. The van der Waals surface area contributed by atoms with Gasteiger partial charge in [-0.15, -0.1) is 0 Å². The third-order valence-electron chi connectivity index (χ3n) is 3.02. The fraction of sp³-hybridized carbons (Fsp3) is 0.824. The van der Waals surface area contributed by atoms with Gasteiger partial charge in [-0.05, 0) is 26.2 Å². The monoisotopic (exact) mass is 346 g/mol. The minimum absolute atomic E-state index is 0.142. The third kappa shape index (κ3) is 8.29. The van der Waals surface area contributed by atoms with Crippen LogP contribution < -0.4 is 0 Å². The van der Waals surface area contributed by atoms with E-state index < -0.39 is 23.5 Å². The third-order valence-corrected chi connectivity index (χ3v) is 3.02. The molecule has 0 aromatic rings. The highest BCUT2D eigenvalue weighted by atomic mass is 16.6. The highest BCUT2D eigenvalue weighted by Crippen LogP contribution is 2.25. The predicted molar refractivity (Wildman–Crippen MR) is 87.3 cm³/mol. The van der Waals surface area contributed by atoms with Crippen LogP contribution in [0.4, 0.5) is 0 Å². The zero-order valence-electron chi connectivity index (χ0n) is 15.2. The summed E-state index contributed by atoms with van der Waals surface area (Å²) in [6.45, 7) is 8.06. The molecule has 0 aliphatic rings. The smallest absolute Gasteiger partial charge is 0.339 e. The van der Waals surface area contributed by atoms with Gasteiger partial charge in [-0.25, -0.2) is 4.79 Å². The molecule has 0 fully saturated rings. The summed E-state index contributed by atoms with van der Waals surface area (Å²) < 4.78 is 20.7. The van der Waals surface area contributed by atoms with E-state index in [1.54, 1.807) is 6.92 Å². The van der Waals surface area contributed by atoms with Crippen molar-refractivity contribution in [2.24, 2.45) is 0 Å². The van der Waals surface area contributed by atoms with Crippen molar-refractivity contribution in [3.63, 3.8) is 0 Å². The molecule has 0 bridgehead atoms. The molecular formula is C17H30O7. The van der Waals surface area contributed by atoms with Crippen molar-refractivity contribution in [2.45, 2.75) is 65.4 Å². The fourth-order valence-corrected chi connectivity index (χ4v) is 1.97. The number of rotatable bonds is 13. The molecule has 0 radical (unpaired) electrons. The molecule has 0 saturated heterocycles. The molecule has 0 unspecified atom stereocenters. The van der Waals surface area contributed by atoms with Crippen LogP contribution in [0.2, 0.25) is 0 Å². The molecule has 0 aromatic carbocycles. The number of ether oxygens (including phenoxy) is 4. The summed E-state index contributed by atoms with van der Waals surface area (Å²) in [6.07, 6.45) is 1.17. The van der Waals surface area contributed by atoms with E-state index in [4.69, 9.17) is 18.9 Å². The largest absolute Gasteiger partial charge is 0.466 e. The van der Waals surface area contributed by atoms with Gasteiger partial charge in [-0.3, -0.25) is 9.59 Å². The van der Waals surface area contributed by atoms with Gasteiger partial charge in [0.05, 0.1) is 32.7 Å². The topological polar surface area (TPSA) is 88.1 Å². The first-order valence-corrected chi connectivity index (χ1v) is 8.58. The van der Waals surface area contributed by atoms with Gasteiger partial charge in [0.1, 0.15) is 0 Å². The second kappa shape index (κ2) is 12.8. The van der Waals surface area contributed by atoms with E-state index in [1.807, 2.05) is 20.8 Å². The summed E-state index contributed by atoms with van der Waals surface area (Å²) in [7, 11) is 0. The highest BCUT2D eigenvalue weighted by Gasteiger charge is 2.46. The average molecular weight is 346 g/mol. The van der Waals surface area contributed by atoms with Crippen LogP contribution in [-0.4, -0.2) is 49.9 Å². The van der Waals surface area contributed by atoms with Crippen LogP contribution in [-0.2, 0) is 33.3 Å². The Kier molecular flexibility index (Phi) is 11.9. The van der Waals surface area contributed by atoms with Gasteiger partial charge in [0.2, 0.25) is 0 Å². The van der Waals surface area contributed by atoms with Crippen molar-refractivity contribution < 1.29 is 33.3 Å². The van der Waals surface area contributed by atoms with Crippen molar-refractivity contribution in [1.82, 2.24) is 0 Å². The maximum absolute atomic E-state index is 12.5. The van der Waals surface area contributed by atoms with E-state index in [-0.39, 0.29) is 39.3 Å². The predicted octanol–water partition coefficient (Wildman–Crippen LogP) is 2.40. The molecule has 140 valence electrons. The van der Waals surface area contributed by atoms with Gasteiger partial charge >= 0.3 is 17.9 Å². The summed E-state index contributed by atoms with van der Waals surface area (Å²) in [6, 6.07) is 0. The lowest BCUT2D eigenvalue weighted by molar-refractivity contribution is -0.185. The second-order valence-electron chi connectivity index (χ2n) is 5.36. The lowest BCUT2D eigenvalue weighted by atomic mass is 9.95. The van der Waals surface area contributed by atoms with Crippen molar-refractivity contribution in [2.75, 3.05) is 26.4 Å². The zero-order valence-corrected chi connectivity index (χ0v) is 15.2. The maximum Gasteiger partial charge on any atom is 0.339 e. The van der Waals surface area contributed by atoms with Gasteiger partial charge in [0, 0.05) is 6.61 Å². The van der Waals surface area contributed by atoms with Gasteiger partial charge in [0.15, 0.2) is 5.60 Å². The van der Waals surface area contributed by atoms with Crippen molar-refractivity contribution in [3.05, 3.63) is 0 Å². The Hall–Kier alpha value is -1.63. The normalized spacial score (nSPS) is 11.0. The number of carbonyl (C=O) groups is 3. The highest BCUT2D eigenvalue weighted by molar-refractivity contribution is 5.90. The SMILES string of the molecule is CCCOC(=O)CC(CC(=O)OCCC)(OCC)C(=O)OCCC. The minimum atomic E-state index is -1.71. The van der Waals surface area contributed by atoms with Crippen LogP contribution in [0.5, 0.6) is 0 Å². The van der Waals surface area contributed by atoms with Gasteiger partial charge in [-0.1, -0.05) is 20.8 Å². The molecule has 0 amide bonds. The Bertz CT molecular complexity index is 370. The van der Waals surface area contributed by atoms with Crippen LogP contribution in [0.3, 0.4) is 0 Å². The van der Waals surface area contributed by atoms with Crippen LogP contribution in [0.1, 0.15) is 59.8 Å². The summed E-state index contributed by atoms with van der Waals surface area (Å²) >= 11 is 0. The van der Waals surface area contributed by atoms with E-state index in [0.717, 1.165) is 0 Å². The zero-order chi connectivity index (χ0) is 18.4. The lowest BCUT2D eigenvalue weighted by Crippen LogP contribution is -2.47. The Labute approximate surface area is 144 Å². The molecule has 24 heavy (non-hydrogen) atoms. The van der Waals surface area contributed by atoms with Crippen LogP contribution in [0, 0.1) is 0 Å². The molecule has 0 aliphatic heterocycles. The number of hydrogen-bond donors (Lipinski definition) is 0. The average Bonchev–Trinajstić information content (AvgIpc) is 2.55. The maximum atomic E-state index is 12.5. The summed E-state index contributed by atoms with van der Waals surface area (Å²) in [5.74, 6) is -1.96. The second-order valence-corrected chi connectivity index (χ2v) is 5.36. The Balaban J connectivity index is 5.24. The van der Waals surface area contributed by atoms with Gasteiger partial charge in [0.25, 0.3) is 0 Å². The number of hydrogen-bond acceptors (Lipinski definition) is 7. The first-order chi connectivity index (χ1) is 11.5. The number of esters is 3. The lowest BCUT2D eigenvalue weighted by Gasteiger charge is -2.29. The van der Waals surface area contributed by atoms with Crippen LogP contribution in [0.25, 0.3) is 0 Å². The van der Waals surface area contributed by atoms with Crippen LogP contribution in [0.15, 0.2) is 0 Å². The fourth-order valence-electron chi connectivity index (χ4n) is 1.97. The molecular weight excluding hydrogens is 316 g/mol. The van der Waals surface area contributed by atoms with E-state index in [9.17, 15) is 14.4 Å². The molecule has 0 rings (SSSR count). The quantitative estimate of drug-likeness (QED) is 0.374. The van der Waals surface area contributed by atoms with E-state index in [2.05, 4.69) is 0 Å². The molecule has 7 heteroatoms. The Morgan fingerprint density at radius 2 is 1.12 bits per heavy atom. The minimum Gasteiger partial charge on any atom is -0.466 e. The van der Waals surface area contributed by atoms with Gasteiger partial charge < -0.3 is 18.9 Å². The van der Waals surface area contributed by atoms with E-state index in [0.29, 0.717) is 19.3 Å². The van der Waals surface area contributed by atoms with Crippen molar-refractivity contribution in [1.29, 1.82) is 0 Å². The first-order valence-electron chi connectivity index (χ1n) is 8.58. The Morgan fingerprint density at radius 3 is 1.50 bits per heavy atom. The van der Waals surface area contributed by atoms with Crippen molar-refractivity contribution in [3.8, 4) is 0 Å². The molecule has 0 heterocycles. The molecule has 0 aliphatic carbocycles. The first kappa shape index (κ1) is 22.4. The molecule has 0 aromatic heterocycles. The van der Waals surface area contributed by atoms with E-state index in [1.165, 1.54) is 0 Å². The molecule has 7 nitrogen and oxygen atoms in total. The van der Waals surface area contributed by atoms with Crippen molar-refractivity contribution >= 4 is 17.9 Å². The van der Waals surface area contributed by atoms with Crippen LogP contribution >= 0.6 is 0 Å². The molecule has 0 atom stereocenters. The summed E-state index contributed by atoms with van der Waals surface area (Å²) in [5, 5.41) is 0. The van der Waals surface area contributed by atoms with Gasteiger partial charge in [-0.2, -0.15) is 0 Å². The molecule has 0 N–H and O–H groups in total.